The van der Waals surface area contributed by atoms with Crippen LogP contribution >= 0.6 is 12.6 Å². The maximum atomic E-state index is 5.52. The Hall–Kier alpha value is 0.270. The Kier molecular flexibility index (Phi) is 4.79. The van der Waals surface area contributed by atoms with Crippen molar-refractivity contribution in [2.24, 2.45) is 5.41 Å². The van der Waals surface area contributed by atoms with E-state index in [0.717, 1.165) is 31.1 Å². The van der Waals surface area contributed by atoms with Gasteiger partial charge in [0.25, 0.3) is 0 Å². The molecule has 2 saturated heterocycles. The van der Waals surface area contributed by atoms with E-state index < -0.39 is 0 Å². The molecule has 2 heterocycles. The number of hydrogen-bond donors (Lipinski definition) is 1. The quantitative estimate of drug-likeness (QED) is 0.780. The molecule has 0 spiro atoms. The predicted molar refractivity (Wildman–Crippen MR) is 75.8 cm³/mol. The monoisotopic (exact) mass is 257 g/mol. The summed E-state index contributed by atoms with van der Waals surface area (Å²) in [7, 11) is 0. The van der Waals surface area contributed by atoms with E-state index >= 15 is 0 Å². The van der Waals surface area contributed by atoms with Gasteiger partial charge >= 0.3 is 0 Å². The van der Waals surface area contributed by atoms with E-state index in [9.17, 15) is 0 Å². The zero-order valence-electron chi connectivity index (χ0n) is 11.3. The highest BCUT2D eigenvalue weighted by molar-refractivity contribution is 7.80. The van der Waals surface area contributed by atoms with Crippen molar-refractivity contribution in [1.29, 1.82) is 0 Å². The first-order chi connectivity index (χ1) is 8.17. The number of piperidine rings is 1. The second kappa shape index (κ2) is 5.94. The minimum Gasteiger partial charge on any atom is -0.381 e. The van der Waals surface area contributed by atoms with Crippen molar-refractivity contribution in [1.82, 2.24) is 4.90 Å². The van der Waals surface area contributed by atoms with Crippen LogP contribution in [0.3, 0.4) is 0 Å². The highest BCUT2D eigenvalue weighted by Crippen LogP contribution is 2.35. The Balaban J connectivity index is 2.00. The van der Waals surface area contributed by atoms with Gasteiger partial charge in [-0.3, -0.25) is 4.90 Å². The lowest BCUT2D eigenvalue weighted by Gasteiger charge is -2.46. The molecule has 0 aromatic rings. The van der Waals surface area contributed by atoms with E-state index in [2.05, 4.69) is 31.4 Å². The molecule has 2 rings (SSSR count). The average molecular weight is 257 g/mol. The highest BCUT2D eigenvalue weighted by atomic mass is 32.1. The Bertz CT molecular complexity index is 230. The molecule has 2 aliphatic rings. The standard InChI is InChI=1S/C14H27NOS/c1-12-4-3-5-13(2)15(12)10-14(11-17)6-8-16-9-7-14/h12-13,17H,3-11H2,1-2H3. The van der Waals surface area contributed by atoms with E-state index in [1.165, 1.54) is 38.6 Å². The third kappa shape index (κ3) is 3.18. The van der Waals surface area contributed by atoms with Gasteiger partial charge in [-0.15, -0.1) is 0 Å². The zero-order chi connectivity index (χ0) is 12.3. The fourth-order valence-electron chi connectivity index (χ4n) is 3.34. The highest BCUT2D eigenvalue weighted by Gasteiger charge is 2.36. The topological polar surface area (TPSA) is 12.5 Å². The van der Waals surface area contributed by atoms with Crippen LogP contribution in [0, 0.1) is 5.41 Å². The lowest BCUT2D eigenvalue weighted by molar-refractivity contribution is -0.0163. The maximum absolute atomic E-state index is 5.52. The Morgan fingerprint density at radius 2 is 1.76 bits per heavy atom. The molecule has 2 fully saturated rings. The number of nitrogens with zero attached hydrogens (tertiary/aromatic N) is 1. The van der Waals surface area contributed by atoms with Gasteiger partial charge < -0.3 is 4.74 Å². The molecule has 0 saturated carbocycles. The van der Waals surface area contributed by atoms with Crippen molar-refractivity contribution in [2.75, 3.05) is 25.5 Å². The molecule has 0 radical (unpaired) electrons. The second-order valence-electron chi connectivity index (χ2n) is 6.07. The number of hydrogen-bond acceptors (Lipinski definition) is 3. The summed E-state index contributed by atoms with van der Waals surface area (Å²) in [6, 6.07) is 1.50. The molecule has 2 aliphatic heterocycles. The Labute approximate surface area is 112 Å². The first-order valence-corrected chi connectivity index (χ1v) is 7.74. The van der Waals surface area contributed by atoms with E-state index in [4.69, 9.17) is 4.74 Å². The summed E-state index contributed by atoms with van der Waals surface area (Å²) in [5, 5.41) is 0. The van der Waals surface area contributed by atoms with Gasteiger partial charge in [0.2, 0.25) is 0 Å². The molecule has 0 aliphatic carbocycles. The SMILES string of the molecule is CC1CCCC(C)N1CC1(CS)CCOCC1. The molecule has 2 nitrogen and oxygen atoms in total. The van der Waals surface area contributed by atoms with Gasteiger partial charge in [0.05, 0.1) is 0 Å². The van der Waals surface area contributed by atoms with Crippen molar-refractivity contribution in [3.63, 3.8) is 0 Å². The van der Waals surface area contributed by atoms with Crippen molar-refractivity contribution in [3.8, 4) is 0 Å². The fourth-order valence-corrected chi connectivity index (χ4v) is 3.76. The summed E-state index contributed by atoms with van der Waals surface area (Å²) < 4.78 is 5.52. The predicted octanol–water partition coefficient (Wildman–Crippen LogP) is 2.98. The average Bonchev–Trinajstić information content (AvgIpc) is 2.35. The molecule has 2 unspecified atom stereocenters. The van der Waals surface area contributed by atoms with E-state index in [0.29, 0.717) is 5.41 Å². The minimum absolute atomic E-state index is 0.404. The van der Waals surface area contributed by atoms with Crippen molar-refractivity contribution < 1.29 is 4.74 Å². The lowest BCUT2D eigenvalue weighted by atomic mass is 9.80. The molecule has 0 bridgehead atoms. The van der Waals surface area contributed by atoms with E-state index in [1.807, 2.05) is 0 Å². The number of ether oxygens (including phenoxy) is 1. The smallest absolute Gasteiger partial charge is 0.0472 e. The second-order valence-corrected chi connectivity index (χ2v) is 6.39. The van der Waals surface area contributed by atoms with E-state index in [-0.39, 0.29) is 0 Å². The first kappa shape index (κ1) is 13.7. The molecule has 0 N–H and O–H groups in total. The van der Waals surface area contributed by atoms with Crippen LogP contribution in [0.1, 0.15) is 46.0 Å². The largest absolute Gasteiger partial charge is 0.381 e. The van der Waals surface area contributed by atoms with Crippen molar-refractivity contribution in [2.45, 2.75) is 58.0 Å². The van der Waals surface area contributed by atoms with Crippen LogP contribution in [0.15, 0.2) is 0 Å². The molecule has 0 aromatic carbocycles. The van der Waals surface area contributed by atoms with Crippen LogP contribution in [0.25, 0.3) is 0 Å². The van der Waals surface area contributed by atoms with Gasteiger partial charge in [0.1, 0.15) is 0 Å². The van der Waals surface area contributed by atoms with E-state index in [1.54, 1.807) is 0 Å². The third-order valence-corrected chi connectivity index (χ3v) is 5.45. The summed E-state index contributed by atoms with van der Waals surface area (Å²) in [6.07, 6.45) is 6.50. The van der Waals surface area contributed by atoms with Gasteiger partial charge in [-0.05, 0) is 50.7 Å². The Morgan fingerprint density at radius 3 is 2.29 bits per heavy atom. The minimum atomic E-state index is 0.404. The molecular weight excluding hydrogens is 230 g/mol. The van der Waals surface area contributed by atoms with Crippen LogP contribution in [0.4, 0.5) is 0 Å². The molecule has 2 atom stereocenters. The summed E-state index contributed by atoms with van der Waals surface area (Å²) >= 11 is 4.63. The van der Waals surface area contributed by atoms with Crippen LogP contribution in [0.5, 0.6) is 0 Å². The lowest BCUT2D eigenvalue weighted by Crippen LogP contribution is -2.51. The van der Waals surface area contributed by atoms with Gasteiger partial charge in [-0.1, -0.05) is 6.42 Å². The molecular formula is C14H27NOS. The molecule has 17 heavy (non-hydrogen) atoms. The normalized spacial score (nSPS) is 34.8. The van der Waals surface area contributed by atoms with Crippen LogP contribution in [-0.4, -0.2) is 42.5 Å². The molecule has 0 aromatic heterocycles. The van der Waals surface area contributed by atoms with Crippen molar-refractivity contribution >= 4 is 12.6 Å². The number of likely N-dealkylation sites (tertiary alicyclic amines) is 1. The van der Waals surface area contributed by atoms with Crippen LogP contribution in [0.2, 0.25) is 0 Å². The number of rotatable bonds is 3. The summed E-state index contributed by atoms with van der Waals surface area (Å²) in [4.78, 5) is 2.73. The third-order valence-electron chi connectivity index (χ3n) is 4.78. The zero-order valence-corrected chi connectivity index (χ0v) is 12.2. The van der Waals surface area contributed by atoms with Gasteiger partial charge in [0.15, 0.2) is 0 Å². The van der Waals surface area contributed by atoms with Gasteiger partial charge in [-0.2, -0.15) is 12.6 Å². The fraction of sp³-hybridized carbons (Fsp3) is 1.00. The van der Waals surface area contributed by atoms with Crippen LogP contribution < -0.4 is 0 Å². The maximum Gasteiger partial charge on any atom is 0.0472 e. The Morgan fingerprint density at radius 1 is 1.18 bits per heavy atom. The van der Waals surface area contributed by atoms with Crippen molar-refractivity contribution in [3.05, 3.63) is 0 Å². The molecule has 100 valence electrons. The van der Waals surface area contributed by atoms with Gasteiger partial charge in [0, 0.05) is 31.8 Å². The summed E-state index contributed by atoms with van der Waals surface area (Å²) in [6.45, 7) is 7.86. The molecule has 3 heteroatoms. The summed E-state index contributed by atoms with van der Waals surface area (Å²) in [5.41, 5.74) is 0.404. The summed E-state index contributed by atoms with van der Waals surface area (Å²) in [5.74, 6) is 1.01. The first-order valence-electron chi connectivity index (χ1n) is 7.11. The van der Waals surface area contributed by atoms with Gasteiger partial charge in [-0.25, -0.2) is 0 Å². The number of thiol groups is 1. The van der Waals surface area contributed by atoms with Crippen LogP contribution in [-0.2, 0) is 4.74 Å². The molecule has 0 amide bonds.